The van der Waals surface area contributed by atoms with Crippen molar-refractivity contribution in [2.24, 2.45) is 0 Å². The number of fused-ring (bicyclic) bond motifs is 2. The summed E-state index contributed by atoms with van der Waals surface area (Å²) in [6.07, 6.45) is 2.64. The molecule has 0 unspecified atom stereocenters. The SMILES string of the molecule is Cc1cccc2[nH]c(C(=O)N3CCc4[nH]ncc4C3)cc12. The minimum Gasteiger partial charge on any atom is -0.351 e. The fraction of sp³-hybridized carbons (Fsp3) is 0.250. The van der Waals surface area contributed by atoms with Gasteiger partial charge in [-0.1, -0.05) is 12.1 Å². The van der Waals surface area contributed by atoms with Crippen molar-refractivity contribution in [3.63, 3.8) is 0 Å². The Balaban J connectivity index is 1.66. The van der Waals surface area contributed by atoms with Gasteiger partial charge in [0.1, 0.15) is 5.69 Å². The molecule has 106 valence electrons. The molecule has 21 heavy (non-hydrogen) atoms. The summed E-state index contributed by atoms with van der Waals surface area (Å²) >= 11 is 0. The Morgan fingerprint density at radius 1 is 1.38 bits per heavy atom. The average molecular weight is 280 g/mol. The lowest BCUT2D eigenvalue weighted by atomic mass is 10.1. The summed E-state index contributed by atoms with van der Waals surface area (Å²) in [5.74, 6) is 0.0532. The van der Waals surface area contributed by atoms with Crippen LogP contribution in [0.3, 0.4) is 0 Å². The van der Waals surface area contributed by atoms with Gasteiger partial charge in [0.15, 0.2) is 0 Å². The zero-order valence-electron chi connectivity index (χ0n) is 11.8. The number of H-pyrrole nitrogens is 2. The highest BCUT2D eigenvalue weighted by molar-refractivity contribution is 5.98. The van der Waals surface area contributed by atoms with Gasteiger partial charge in [0, 0.05) is 41.7 Å². The van der Waals surface area contributed by atoms with Crippen LogP contribution in [-0.4, -0.2) is 32.5 Å². The summed E-state index contributed by atoms with van der Waals surface area (Å²) in [5.41, 5.74) is 5.11. The number of carbonyl (C=O) groups is 1. The molecule has 0 aliphatic carbocycles. The largest absolute Gasteiger partial charge is 0.351 e. The van der Waals surface area contributed by atoms with Crippen LogP contribution in [0.5, 0.6) is 0 Å². The second-order valence-electron chi connectivity index (χ2n) is 5.57. The van der Waals surface area contributed by atoms with Crippen LogP contribution in [0.15, 0.2) is 30.5 Å². The number of aryl methyl sites for hydroxylation is 1. The van der Waals surface area contributed by atoms with Crippen LogP contribution < -0.4 is 0 Å². The normalized spacial score (nSPS) is 14.4. The van der Waals surface area contributed by atoms with E-state index in [4.69, 9.17) is 0 Å². The van der Waals surface area contributed by atoms with E-state index in [-0.39, 0.29) is 5.91 Å². The molecule has 2 N–H and O–H groups in total. The lowest BCUT2D eigenvalue weighted by molar-refractivity contribution is 0.0729. The quantitative estimate of drug-likeness (QED) is 0.719. The molecular formula is C16H16N4O. The summed E-state index contributed by atoms with van der Waals surface area (Å²) in [7, 11) is 0. The van der Waals surface area contributed by atoms with E-state index in [1.54, 1.807) is 0 Å². The zero-order chi connectivity index (χ0) is 14.4. The van der Waals surface area contributed by atoms with Crippen LogP contribution in [0.1, 0.15) is 27.3 Å². The first-order valence-corrected chi connectivity index (χ1v) is 7.11. The standard InChI is InChI=1S/C16H16N4O/c1-10-3-2-4-14-12(10)7-15(18-14)16(21)20-6-5-13-11(9-20)8-17-19-13/h2-4,7-8,18H,5-6,9H2,1H3,(H,17,19). The van der Waals surface area contributed by atoms with E-state index in [0.717, 1.165) is 35.1 Å². The molecule has 0 spiro atoms. The predicted octanol–water partition coefficient (Wildman–Crippen LogP) is 2.40. The molecule has 1 amide bonds. The predicted molar refractivity (Wildman–Crippen MR) is 80.1 cm³/mol. The second-order valence-corrected chi connectivity index (χ2v) is 5.57. The second kappa shape index (κ2) is 4.48. The number of carbonyl (C=O) groups excluding carboxylic acids is 1. The Labute approximate surface area is 122 Å². The van der Waals surface area contributed by atoms with Crippen molar-refractivity contribution in [2.45, 2.75) is 19.9 Å². The molecular weight excluding hydrogens is 264 g/mol. The molecule has 4 rings (SSSR count). The Morgan fingerprint density at radius 3 is 3.14 bits per heavy atom. The summed E-state index contributed by atoms with van der Waals surface area (Å²) in [5, 5.41) is 8.15. The summed E-state index contributed by atoms with van der Waals surface area (Å²) in [6.45, 7) is 3.41. The molecule has 0 fully saturated rings. The Morgan fingerprint density at radius 2 is 2.29 bits per heavy atom. The first-order chi connectivity index (χ1) is 10.2. The molecule has 0 saturated carbocycles. The van der Waals surface area contributed by atoms with E-state index < -0.39 is 0 Å². The number of rotatable bonds is 1. The van der Waals surface area contributed by atoms with Gasteiger partial charge in [0.2, 0.25) is 0 Å². The number of aromatic nitrogens is 3. The lowest BCUT2D eigenvalue weighted by Gasteiger charge is -2.26. The van der Waals surface area contributed by atoms with Gasteiger partial charge < -0.3 is 9.88 Å². The van der Waals surface area contributed by atoms with Crippen LogP contribution in [0.4, 0.5) is 0 Å². The highest BCUT2D eigenvalue weighted by Crippen LogP contribution is 2.22. The van der Waals surface area contributed by atoms with Gasteiger partial charge in [-0.3, -0.25) is 9.89 Å². The third-order valence-electron chi connectivity index (χ3n) is 4.20. The van der Waals surface area contributed by atoms with Crippen molar-refractivity contribution in [1.82, 2.24) is 20.1 Å². The van der Waals surface area contributed by atoms with Gasteiger partial charge in [-0.15, -0.1) is 0 Å². The van der Waals surface area contributed by atoms with Crippen molar-refractivity contribution in [3.05, 3.63) is 53.0 Å². The van der Waals surface area contributed by atoms with Crippen molar-refractivity contribution in [3.8, 4) is 0 Å². The third-order valence-corrected chi connectivity index (χ3v) is 4.20. The maximum Gasteiger partial charge on any atom is 0.270 e. The van der Waals surface area contributed by atoms with Crippen LogP contribution >= 0.6 is 0 Å². The molecule has 0 bridgehead atoms. The zero-order valence-corrected chi connectivity index (χ0v) is 11.8. The molecule has 0 atom stereocenters. The van der Waals surface area contributed by atoms with Crippen LogP contribution in [-0.2, 0) is 13.0 Å². The first-order valence-electron chi connectivity index (χ1n) is 7.11. The van der Waals surface area contributed by atoms with Crippen molar-refractivity contribution in [2.75, 3.05) is 6.54 Å². The van der Waals surface area contributed by atoms with Gasteiger partial charge in [-0.25, -0.2) is 0 Å². The third kappa shape index (κ3) is 1.93. The van der Waals surface area contributed by atoms with Crippen LogP contribution in [0.25, 0.3) is 10.9 Å². The summed E-state index contributed by atoms with van der Waals surface area (Å²) in [6, 6.07) is 8.02. The number of hydrogen-bond donors (Lipinski definition) is 2. The number of benzene rings is 1. The minimum atomic E-state index is 0.0532. The monoisotopic (exact) mass is 280 g/mol. The van der Waals surface area contributed by atoms with Crippen molar-refractivity contribution < 1.29 is 4.79 Å². The molecule has 3 aromatic rings. The highest BCUT2D eigenvalue weighted by atomic mass is 16.2. The number of nitrogens with one attached hydrogen (secondary N) is 2. The topological polar surface area (TPSA) is 64.8 Å². The smallest absolute Gasteiger partial charge is 0.270 e. The van der Waals surface area contributed by atoms with Gasteiger partial charge in [-0.05, 0) is 24.6 Å². The highest BCUT2D eigenvalue weighted by Gasteiger charge is 2.24. The maximum atomic E-state index is 12.7. The van der Waals surface area contributed by atoms with Gasteiger partial charge in [-0.2, -0.15) is 5.10 Å². The lowest BCUT2D eigenvalue weighted by Crippen LogP contribution is -2.35. The Hall–Kier alpha value is -2.56. The molecule has 1 aliphatic heterocycles. The number of aromatic amines is 2. The van der Waals surface area contributed by atoms with Crippen LogP contribution in [0, 0.1) is 6.92 Å². The van der Waals surface area contributed by atoms with Gasteiger partial charge in [0.05, 0.1) is 6.20 Å². The fourth-order valence-corrected chi connectivity index (χ4v) is 2.99. The van der Waals surface area contributed by atoms with Crippen molar-refractivity contribution in [1.29, 1.82) is 0 Å². The molecule has 2 aromatic heterocycles. The van der Waals surface area contributed by atoms with Gasteiger partial charge >= 0.3 is 0 Å². The molecule has 0 radical (unpaired) electrons. The minimum absolute atomic E-state index is 0.0532. The van der Waals surface area contributed by atoms with Crippen LogP contribution in [0.2, 0.25) is 0 Å². The van der Waals surface area contributed by atoms with Gasteiger partial charge in [0.25, 0.3) is 5.91 Å². The van der Waals surface area contributed by atoms with E-state index in [2.05, 4.69) is 28.2 Å². The molecule has 1 aromatic carbocycles. The Kier molecular flexibility index (Phi) is 2.60. The first kappa shape index (κ1) is 12.2. The molecule has 0 saturated heterocycles. The number of nitrogens with zero attached hydrogens (tertiary/aromatic N) is 2. The van der Waals surface area contributed by atoms with E-state index >= 15 is 0 Å². The molecule has 3 heterocycles. The number of amides is 1. The summed E-state index contributed by atoms with van der Waals surface area (Å²) < 4.78 is 0. The van der Waals surface area contributed by atoms with E-state index in [1.165, 1.54) is 5.56 Å². The Bertz CT molecular complexity index is 830. The molecule has 5 nitrogen and oxygen atoms in total. The van der Waals surface area contributed by atoms with E-state index in [1.807, 2.05) is 29.3 Å². The summed E-state index contributed by atoms with van der Waals surface area (Å²) in [4.78, 5) is 17.8. The maximum absolute atomic E-state index is 12.7. The average Bonchev–Trinajstić information content (AvgIpc) is 3.12. The van der Waals surface area contributed by atoms with Crippen molar-refractivity contribution >= 4 is 16.8 Å². The van der Waals surface area contributed by atoms with E-state index in [9.17, 15) is 4.79 Å². The molecule has 5 heteroatoms. The van der Waals surface area contributed by atoms with E-state index in [0.29, 0.717) is 12.2 Å². The molecule has 1 aliphatic rings. The number of hydrogen-bond acceptors (Lipinski definition) is 2. The fourth-order valence-electron chi connectivity index (χ4n) is 2.99.